The Hall–Kier alpha value is -1.95. The van der Waals surface area contributed by atoms with E-state index in [0.29, 0.717) is 16.3 Å². The van der Waals surface area contributed by atoms with Crippen molar-refractivity contribution in [3.63, 3.8) is 0 Å². The summed E-state index contributed by atoms with van der Waals surface area (Å²) in [7, 11) is 1.52. The number of carbonyl (C=O) groups excluding carboxylic acids is 2. The first-order valence-corrected chi connectivity index (χ1v) is 8.25. The van der Waals surface area contributed by atoms with E-state index in [-0.39, 0.29) is 15.7 Å². The predicted octanol–water partition coefficient (Wildman–Crippen LogP) is 4.84. The van der Waals surface area contributed by atoms with Crippen molar-refractivity contribution < 1.29 is 19.1 Å². The van der Waals surface area contributed by atoms with Gasteiger partial charge in [-0.2, -0.15) is 0 Å². The van der Waals surface area contributed by atoms with Crippen molar-refractivity contribution in [2.75, 3.05) is 12.4 Å². The van der Waals surface area contributed by atoms with Gasteiger partial charge in [0.2, 0.25) is 0 Å². The first-order chi connectivity index (χ1) is 11.8. The van der Waals surface area contributed by atoms with E-state index < -0.39 is 18.0 Å². The normalized spacial score (nSPS) is 11.6. The molecule has 0 aliphatic carbocycles. The minimum Gasteiger partial charge on any atom is -0.497 e. The predicted molar refractivity (Wildman–Crippen MR) is 98.0 cm³/mol. The van der Waals surface area contributed by atoms with Crippen molar-refractivity contribution in [3.8, 4) is 5.75 Å². The molecule has 0 heterocycles. The number of halogens is 3. The standard InChI is InChI=1S/C17H14Cl3NO4/c1-9(25-17(23)10-3-5-12(24-2)6-4-10)16(22)21-15-13(19)7-11(18)8-14(15)20/h3-9H,1-2H3,(H,21,22)/t9-/m0/s1. The summed E-state index contributed by atoms with van der Waals surface area (Å²) >= 11 is 17.8. The van der Waals surface area contributed by atoms with E-state index in [9.17, 15) is 9.59 Å². The lowest BCUT2D eigenvalue weighted by Crippen LogP contribution is -2.30. The van der Waals surface area contributed by atoms with Gasteiger partial charge in [0.1, 0.15) is 5.75 Å². The van der Waals surface area contributed by atoms with E-state index in [4.69, 9.17) is 44.3 Å². The van der Waals surface area contributed by atoms with Gasteiger partial charge >= 0.3 is 5.97 Å². The third-order valence-electron chi connectivity index (χ3n) is 3.23. The van der Waals surface area contributed by atoms with Crippen LogP contribution in [0.25, 0.3) is 0 Å². The minimum atomic E-state index is -1.06. The molecule has 0 saturated heterocycles. The molecule has 1 atom stereocenters. The molecule has 25 heavy (non-hydrogen) atoms. The van der Waals surface area contributed by atoms with Gasteiger partial charge in [0.25, 0.3) is 5.91 Å². The van der Waals surface area contributed by atoms with Crippen LogP contribution in [-0.4, -0.2) is 25.1 Å². The van der Waals surface area contributed by atoms with Crippen molar-refractivity contribution in [1.29, 1.82) is 0 Å². The Bertz CT molecular complexity index is 770. The lowest BCUT2D eigenvalue weighted by molar-refractivity contribution is -0.123. The van der Waals surface area contributed by atoms with E-state index in [1.54, 1.807) is 24.3 Å². The molecule has 2 rings (SSSR count). The minimum absolute atomic E-state index is 0.180. The Labute approximate surface area is 159 Å². The Morgan fingerprint density at radius 3 is 2.12 bits per heavy atom. The largest absolute Gasteiger partial charge is 0.497 e. The van der Waals surface area contributed by atoms with E-state index >= 15 is 0 Å². The summed E-state index contributed by atoms with van der Waals surface area (Å²) in [6.07, 6.45) is -1.06. The lowest BCUT2D eigenvalue weighted by atomic mass is 10.2. The van der Waals surface area contributed by atoms with Gasteiger partial charge in [-0.15, -0.1) is 0 Å². The molecule has 1 N–H and O–H groups in total. The van der Waals surface area contributed by atoms with E-state index in [2.05, 4.69) is 5.32 Å². The van der Waals surface area contributed by atoms with Gasteiger partial charge in [-0.1, -0.05) is 34.8 Å². The third-order valence-corrected chi connectivity index (χ3v) is 4.05. The maximum absolute atomic E-state index is 12.2. The van der Waals surface area contributed by atoms with Crippen LogP contribution in [0.5, 0.6) is 5.75 Å². The zero-order valence-corrected chi connectivity index (χ0v) is 15.6. The Kier molecular flexibility index (Phi) is 6.53. The fraction of sp³-hybridized carbons (Fsp3) is 0.176. The Balaban J connectivity index is 2.03. The first kappa shape index (κ1) is 19.4. The summed E-state index contributed by atoms with van der Waals surface area (Å²) in [5.41, 5.74) is 0.494. The number of carbonyl (C=O) groups is 2. The summed E-state index contributed by atoms with van der Waals surface area (Å²) in [5, 5.41) is 3.22. The maximum atomic E-state index is 12.2. The van der Waals surface area contributed by atoms with Crippen LogP contribution in [-0.2, 0) is 9.53 Å². The van der Waals surface area contributed by atoms with E-state index in [1.807, 2.05) is 0 Å². The van der Waals surface area contributed by atoms with Crippen molar-refractivity contribution >= 4 is 52.4 Å². The highest BCUT2D eigenvalue weighted by atomic mass is 35.5. The summed E-state index contributed by atoms with van der Waals surface area (Å²) in [5.74, 6) is -0.610. The number of anilines is 1. The SMILES string of the molecule is COc1ccc(C(=O)O[C@@H](C)C(=O)Nc2c(Cl)cc(Cl)cc2Cl)cc1. The molecule has 8 heteroatoms. The monoisotopic (exact) mass is 401 g/mol. The van der Waals surface area contributed by atoms with Gasteiger partial charge < -0.3 is 14.8 Å². The van der Waals surface area contributed by atoms with Crippen LogP contribution in [0.3, 0.4) is 0 Å². The summed E-state index contributed by atoms with van der Waals surface area (Å²) in [6.45, 7) is 1.44. The zero-order chi connectivity index (χ0) is 18.6. The van der Waals surface area contributed by atoms with Crippen molar-refractivity contribution in [3.05, 3.63) is 57.0 Å². The van der Waals surface area contributed by atoms with Gasteiger partial charge in [0.05, 0.1) is 28.4 Å². The van der Waals surface area contributed by atoms with Crippen molar-refractivity contribution in [2.24, 2.45) is 0 Å². The molecular weight excluding hydrogens is 389 g/mol. The molecule has 2 aromatic rings. The van der Waals surface area contributed by atoms with Crippen LogP contribution in [0.1, 0.15) is 17.3 Å². The fourth-order valence-corrected chi connectivity index (χ4v) is 2.81. The van der Waals surface area contributed by atoms with Crippen LogP contribution >= 0.6 is 34.8 Å². The highest BCUT2D eigenvalue weighted by Gasteiger charge is 2.21. The topological polar surface area (TPSA) is 64.6 Å². The number of esters is 1. The molecule has 0 aromatic heterocycles. The molecule has 0 radical (unpaired) electrons. The third kappa shape index (κ3) is 5.01. The molecular formula is C17H14Cl3NO4. The van der Waals surface area contributed by atoms with Gasteiger partial charge in [-0.3, -0.25) is 4.79 Å². The van der Waals surface area contributed by atoms with Crippen LogP contribution in [0, 0.1) is 0 Å². The molecule has 1 amide bonds. The second-order valence-corrected chi connectivity index (χ2v) is 6.26. The molecule has 5 nitrogen and oxygen atoms in total. The van der Waals surface area contributed by atoms with Crippen molar-refractivity contribution in [1.82, 2.24) is 0 Å². The molecule has 0 unspecified atom stereocenters. The summed E-state index contributed by atoms with van der Waals surface area (Å²) in [6, 6.07) is 9.21. The van der Waals surface area contributed by atoms with Crippen LogP contribution < -0.4 is 10.1 Å². The second-order valence-electron chi connectivity index (χ2n) is 5.01. The molecule has 0 spiro atoms. The van der Waals surface area contributed by atoms with E-state index in [0.717, 1.165) is 0 Å². The van der Waals surface area contributed by atoms with Gasteiger partial charge in [0, 0.05) is 5.02 Å². The van der Waals surface area contributed by atoms with Crippen LogP contribution in [0.2, 0.25) is 15.1 Å². The molecule has 0 aliphatic heterocycles. The van der Waals surface area contributed by atoms with Gasteiger partial charge in [-0.25, -0.2) is 4.79 Å². The highest BCUT2D eigenvalue weighted by Crippen LogP contribution is 2.33. The molecule has 0 aliphatic rings. The molecule has 0 fully saturated rings. The number of ether oxygens (including phenoxy) is 2. The molecule has 0 saturated carbocycles. The number of rotatable bonds is 5. The second kappa shape index (κ2) is 8.43. The number of hydrogen-bond acceptors (Lipinski definition) is 4. The number of hydrogen-bond donors (Lipinski definition) is 1. The zero-order valence-electron chi connectivity index (χ0n) is 13.3. The Morgan fingerprint density at radius 1 is 1.04 bits per heavy atom. The average molecular weight is 403 g/mol. The van der Waals surface area contributed by atoms with Crippen LogP contribution in [0.4, 0.5) is 5.69 Å². The van der Waals surface area contributed by atoms with Gasteiger partial charge in [0.15, 0.2) is 6.10 Å². The smallest absolute Gasteiger partial charge is 0.338 e. The van der Waals surface area contributed by atoms with Crippen LogP contribution in [0.15, 0.2) is 36.4 Å². The number of methoxy groups -OCH3 is 1. The van der Waals surface area contributed by atoms with Gasteiger partial charge in [-0.05, 0) is 43.3 Å². The summed E-state index contributed by atoms with van der Waals surface area (Å²) < 4.78 is 10.2. The molecule has 0 bridgehead atoms. The Morgan fingerprint density at radius 2 is 1.60 bits per heavy atom. The quantitative estimate of drug-likeness (QED) is 0.727. The number of amides is 1. The highest BCUT2D eigenvalue weighted by molar-refractivity contribution is 6.42. The molecule has 132 valence electrons. The number of benzene rings is 2. The van der Waals surface area contributed by atoms with Crippen molar-refractivity contribution in [2.45, 2.75) is 13.0 Å². The lowest BCUT2D eigenvalue weighted by Gasteiger charge is -2.15. The van der Waals surface area contributed by atoms with E-state index in [1.165, 1.54) is 26.2 Å². The average Bonchev–Trinajstić information content (AvgIpc) is 2.57. The maximum Gasteiger partial charge on any atom is 0.338 e. The number of nitrogens with one attached hydrogen (secondary N) is 1. The summed E-state index contributed by atoms with van der Waals surface area (Å²) in [4.78, 5) is 24.3. The fourth-order valence-electron chi connectivity index (χ4n) is 1.90. The molecule has 2 aromatic carbocycles. The first-order valence-electron chi connectivity index (χ1n) is 7.12.